The molecule has 0 amide bonds. The van der Waals surface area contributed by atoms with E-state index in [2.05, 4.69) is 79.9 Å². The van der Waals surface area contributed by atoms with Crippen LogP contribution in [0.5, 0.6) is 0 Å². The van der Waals surface area contributed by atoms with Crippen molar-refractivity contribution >= 4 is 56.0 Å². The number of nitrogen functional groups attached to an aromatic ring is 2. The van der Waals surface area contributed by atoms with Gasteiger partial charge in [0.1, 0.15) is 27.0 Å². The second-order valence-corrected chi connectivity index (χ2v) is 15.8. The van der Waals surface area contributed by atoms with Crippen molar-refractivity contribution in [2.24, 2.45) is 5.73 Å². The van der Waals surface area contributed by atoms with Crippen LogP contribution in [-0.4, -0.2) is 86.0 Å². The van der Waals surface area contributed by atoms with Crippen molar-refractivity contribution in [2.75, 3.05) is 11.5 Å². The first kappa shape index (κ1) is 37.4. The lowest BCUT2D eigenvalue weighted by atomic mass is 10.2. The van der Waals surface area contributed by atoms with E-state index < -0.39 is 5.97 Å². The molecule has 22 heteroatoms. The predicted octanol–water partition coefficient (Wildman–Crippen LogP) is 3.23. The lowest BCUT2D eigenvalue weighted by Gasteiger charge is -1.98. The molecule has 7 N–H and O–H groups in total. The molecule has 57 heavy (non-hydrogen) atoms. The smallest absolute Gasteiger partial charge is 0.358 e. The normalized spacial score (nSPS) is 13.6. The zero-order chi connectivity index (χ0) is 39.5. The van der Waals surface area contributed by atoms with Gasteiger partial charge in [0, 0.05) is 44.2 Å². The molecule has 8 aromatic rings. The van der Waals surface area contributed by atoms with Gasteiger partial charge in [-0.15, -0.1) is 30.6 Å². The monoisotopic (exact) mass is 807 g/mol. The highest BCUT2D eigenvalue weighted by atomic mass is 32.1. The van der Waals surface area contributed by atoms with Crippen molar-refractivity contribution in [2.45, 2.75) is 70.0 Å². The van der Waals surface area contributed by atoms with Crippen LogP contribution in [0.1, 0.15) is 97.4 Å². The van der Waals surface area contributed by atoms with E-state index in [0.717, 1.165) is 32.7 Å². The number of carboxylic acid groups (broad SMARTS) is 1. The Bertz CT molecular complexity index is 2660. The summed E-state index contributed by atoms with van der Waals surface area (Å²) in [6, 6.07) is 8.35. The zero-order valence-electron chi connectivity index (χ0n) is 30.4. The maximum atomic E-state index is 12.3. The maximum Gasteiger partial charge on any atom is 0.358 e. The summed E-state index contributed by atoms with van der Waals surface area (Å²) in [5.41, 5.74) is 22.5. The van der Waals surface area contributed by atoms with Gasteiger partial charge >= 0.3 is 5.97 Å². The van der Waals surface area contributed by atoms with Crippen molar-refractivity contribution in [3.05, 3.63) is 105 Å². The van der Waals surface area contributed by atoms with Crippen LogP contribution in [0.4, 0.5) is 10.3 Å². The molecule has 0 saturated heterocycles. The first-order valence-electron chi connectivity index (χ1n) is 18.0. The number of imidazole rings is 2. The minimum Gasteiger partial charge on any atom is -0.476 e. The van der Waals surface area contributed by atoms with Crippen molar-refractivity contribution in [1.29, 1.82) is 0 Å². The largest absolute Gasteiger partial charge is 0.476 e. The van der Waals surface area contributed by atoms with Gasteiger partial charge < -0.3 is 31.1 Å². The molecule has 2 aliphatic rings. The lowest BCUT2D eigenvalue weighted by molar-refractivity contribution is 0.0690. The molecule has 0 aliphatic heterocycles. The Balaban J connectivity index is 0.000000137. The first-order chi connectivity index (χ1) is 27.6. The van der Waals surface area contributed by atoms with Crippen LogP contribution < -0.4 is 17.2 Å². The molecule has 0 atom stereocenters. The van der Waals surface area contributed by atoms with E-state index in [1.165, 1.54) is 70.4 Å². The minimum atomic E-state index is -1.08. The third kappa shape index (κ3) is 9.48. The summed E-state index contributed by atoms with van der Waals surface area (Å²) in [5, 5.41) is 41.6. The van der Waals surface area contributed by atoms with Gasteiger partial charge in [-0.1, -0.05) is 45.2 Å². The summed E-state index contributed by atoms with van der Waals surface area (Å²) >= 11 is 2.61. The van der Waals surface area contributed by atoms with E-state index in [4.69, 9.17) is 22.3 Å². The van der Waals surface area contributed by atoms with E-state index in [0.29, 0.717) is 60.3 Å². The number of fused-ring (bicyclic) bond motifs is 2. The molecule has 20 nitrogen and oxygen atoms in total. The van der Waals surface area contributed by atoms with Crippen LogP contribution in [0.15, 0.2) is 61.4 Å². The quantitative estimate of drug-likeness (QED) is 0.129. The zero-order valence-corrected chi connectivity index (χ0v) is 32.0. The van der Waals surface area contributed by atoms with Crippen molar-refractivity contribution < 1.29 is 14.7 Å². The fraction of sp³-hybridized carbons (Fsp3) is 0.314. The summed E-state index contributed by atoms with van der Waals surface area (Å²) in [5.74, 6) is 0.249. The number of ketones is 1. The fourth-order valence-electron chi connectivity index (χ4n) is 5.97. The number of nitrogens with two attached hydrogens (primary N) is 3. The van der Waals surface area contributed by atoms with Crippen molar-refractivity contribution in [3.8, 4) is 0 Å². The van der Waals surface area contributed by atoms with Gasteiger partial charge in [0.25, 0.3) is 0 Å². The van der Waals surface area contributed by atoms with E-state index in [-0.39, 0.29) is 11.5 Å². The topological polar surface area (TPSA) is 280 Å². The molecule has 0 bridgehead atoms. The molecular weight excluding hydrogens is 771 g/mol. The predicted molar refractivity (Wildman–Crippen MR) is 209 cm³/mol. The minimum absolute atomic E-state index is 0.0604. The van der Waals surface area contributed by atoms with Crippen LogP contribution in [-0.2, 0) is 26.1 Å². The van der Waals surface area contributed by atoms with Crippen LogP contribution in [0.2, 0.25) is 0 Å². The third-order valence-electron chi connectivity index (χ3n) is 9.08. The number of carbonyl (C=O) groups is 2. The summed E-state index contributed by atoms with van der Waals surface area (Å²) in [7, 11) is 0. The van der Waals surface area contributed by atoms with E-state index in [1.54, 1.807) is 10.9 Å². The molecule has 0 spiro atoms. The number of pyridine rings is 2. The second kappa shape index (κ2) is 16.3. The first-order valence-corrected chi connectivity index (χ1v) is 19.7. The molecule has 2 aliphatic carbocycles. The lowest BCUT2D eigenvalue weighted by Crippen LogP contribution is -2.02. The van der Waals surface area contributed by atoms with Gasteiger partial charge in [-0.2, -0.15) is 0 Å². The van der Waals surface area contributed by atoms with Gasteiger partial charge in [-0.3, -0.25) is 4.79 Å². The number of anilines is 2. The molecule has 10 rings (SSSR count). The Hall–Kier alpha value is -6.52. The number of hydrogen-bond acceptors (Lipinski definition) is 17. The Morgan fingerprint density at radius 3 is 1.61 bits per heavy atom. The second-order valence-electron chi connectivity index (χ2n) is 13.6. The van der Waals surface area contributed by atoms with Crippen LogP contribution >= 0.6 is 22.7 Å². The van der Waals surface area contributed by atoms with Gasteiger partial charge in [-0.05, 0) is 60.8 Å². The SMILES string of the molecule is NCc1nnc(N)s1.Nc1nnc(CCC(=O)c2cn(Cc3cn4cc(C5CC5)ccc4n3)nn2)s1.O=C(O)c1cn(Cc2cn3cc(C4CC4)ccc3n2)nn1. The number of nitrogens with zero attached hydrogens (tertiary/aromatic N) is 14. The van der Waals surface area contributed by atoms with Crippen molar-refractivity contribution in [1.82, 2.24) is 69.2 Å². The number of hydrogen-bond donors (Lipinski definition) is 4. The van der Waals surface area contributed by atoms with Gasteiger partial charge in [0.15, 0.2) is 11.5 Å². The Kier molecular flexibility index (Phi) is 10.7. The number of rotatable bonds is 12. The Morgan fingerprint density at radius 1 is 0.667 bits per heavy atom. The summed E-state index contributed by atoms with van der Waals surface area (Å²) in [4.78, 5) is 32.2. The summed E-state index contributed by atoms with van der Waals surface area (Å²) in [6.45, 7) is 1.29. The molecule has 0 unspecified atom stereocenters. The molecule has 8 aromatic heterocycles. The molecule has 292 valence electrons. The fourth-order valence-corrected chi connectivity index (χ4v) is 7.06. The average Bonchev–Trinajstić information content (AvgIpc) is 3.77. The molecule has 0 aromatic carbocycles. The standard InChI is InChI=1S/C18H18N8OS.C14H13N5O2.C3H6N4S/c19-18-23-22-17(28-18)6-4-15(27)14-10-26(24-21-14)9-13-8-25-7-12(11-1-2-11)3-5-16(25)20-13;20-14(21)12-8-19(17-16-12)7-11-6-18-5-10(9-1-2-9)3-4-13(18)15-11;4-1-2-6-7-3(5)8-2/h3,5,7-8,10-11H,1-2,4,6,9H2,(H2,19,23);3-6,8-9H,1-2,7H2,(H,20,21);1,4H2,(H2,5,7). The van der Waals surface area contributed by atoms with Gasteiger partial charge in [-0.25, -0.2) is 24.1 Å². The van der Waals surface area contributed by atoms with E-state index >= 15 is 0 Å². The van der Waals surface area contributed by atoms with Crippen LogP contribution in [0.3, 0.4) is 0 Å². The van der Waals surface area contributed by atoms with Crippen molar-refractivity contribution in [3.63, 3.8) is 0 Å². The highest BCUT2D eigenvalue weighted by molar-refractivity contribution is 7.15. The molecular formula is C35H37N17O3S2. The number of carbonyl (C=O) groups excluding carboxylic acids is 1. The van der Waals surface area contributed by atoms with Gasteiger partial charge in [0.05, 0.1) is 36.9 Å². The Morgan fingerprint density at radius 2 is 1.18 bits per heavy atom. The average molecular weight is 808 g/mol. The number of aryl methyl sites for hydroxylation is 1. The van der Waals surface area contributed by atoms with Crippen LogP contribution in [0.25, 0.3) is 11.3 Å². The van der Waals surface area contributed by atoms with E-state index in [9.17, 15) is 9.59 Å². The summed E-state index contributed by atoms with van der Waals surface area (Å²) in [6.07, 6.45) is 17.2. The maximum absolute atomic E-state index is 12.3. The molecule has 0 radical (unpaired) electrons. The number of aromatic carboxylic acids is 1. The molecule has 8 heterocycles. The van der Waals surface area contributed by atoms with Gasteiger partial charge in [0.2, 0.25) is 10.3 Å². The third-order valence-corrected chi connectivity index (χ3v) is 10.7. The number of Topliss-reactive ketones (excluding diaryl/α,β-unsaturated/α-hetero) is 1. The highest BCUT2D eigenvalue weighted by Gasteiger charge is 2.25. The molecule has 2 fully saturated rings. The number of carboxylic acids is 1. The number of aromatic nitrogens is 14. The molecule has 2 saturated carbocycles. The summed E-state index contributed by atoms with van der Waals surface area (Å²) < 4.78 is 7.19. The van der Waals surface area contributed by atoms with Crippen LogP contribution in [0, 0.1) is 0 Å². The highest BCUT2D eigenvalue weighted by Crippen LogP contribution is 2.40. The Labute approximate surface area is 331 Å². The van der Waals surface area contributed by atoms with E-state index in [1.807, 2.05) is 28.9 Å².